The summed E-state index contributed by atoms with van der Waals surface area (Å²) in [6.07, 6.45) is 3.31. The highest BCUT2D eigenvalue weighted by Gasteiger charge is 2.23. The molecule has 2 aromatic carbocycles. The first-order valence-electron chi connectivity index (χ1n) is 11.0. The predicted molar refractivity (Wildman–Crippen MR) is 137 cm³/mol. The number of hydrogen-bond donors (Lipinski definition) is 2. The first kappa shape index (κ1) is 23.3. The number of oxazole rings is 1. The third-order valence-corrected chi connectivity index (χ3v) is 5.79. The van der Waals surface area contributed by atoms with Crippen LogP contribution < -0.4 is 15.5 Å². The summed E-state index contributed by atoms with van der Waals surface area (Å²) in [6, 6.07) is 13.2. The molecule has 0 spiro atoms. The topological polar surface area (TPSA) is 136 Å². The van der Waals surface area contributed by atoms with Gasteiger partial charge in [0.1, 0.15) is 11.2 Å². The van der Waals surface area contributed by atoms with Crippen molar-refractivity contribution in [3.05, 3.63) is 76.6 Å². The molecule has 1 saturated heterocycles. The lowest BCUT2D eigenvalue weighted by atomic mass is 10.1. The van der Waals surface area contributed by atoms with Gasteiger partial charge >= 0.3 is 0 Å². The lowest BCUT2D eigenvalue weighted by molar-refractivity contribution is -0.384. The van der Waals surface area contributed by atoms with Gasteiger partial charge in [-0.25, -0.2) is 4.98 Å². The number of thiocarbonyl (C=S) groups is 1. The van der Waals surface area contributed by atoms with Gasteiger partial charge in [0.2, 0.25) is 5.89 Å². The number of carbonyl (C=O) groups excluding carboxylic acids is 1. The Labute approximate surface area is 210 Å². The van der Waals surface area contributed by atoms with Crippen molar-refractivity contribution in [2.75, 3.05) is 36.5 Å². The molecule has 36 heavy (non-hydrogen) atoms. The van der Waals surface area contributed by atoms with E-state index in [2.05, 4.69) is 20.6 Å². The number of fused-ring (bicyclic) bond motifs is 1. The minimum Gasteiger partial charge on any atom is -0.436 e. The molecule has 0 atom stereocenters. The molecule has 5 rings (SSSR count). The van der Waals surface area contributed by atoms with Crippen molar-refractivity contribution in [2.24, 2.45) is 0 Å². The molecule has 1 aliphatic heterocycles. The lowest BCUT2D eigenvalue weighted by Gasteiger charge is -2.28. The number of nitrogens with zero attached hydrogens (tertiary/aromatic N) is 4. The number of carbonyl (C=O) groups is 1. The third-order valence-electron chi connectivity index (χ3n) is 5.59. The van der Waals surface area contributed by atoms with Gasteiger partial charge in [-0.05, 0) is 54.7 Å². The molecule has 4 aromatic rings. The van der Waals surface area contributed by atoms with E-state index < -0.39 is 10.8 Å². The molecule has 0 bridgehead atoms. The molecule has 12 heteroatoms. The average molecular weight is 505 g/mol. The molecule has 11 nitrogen and oxygen atoms in total. The zero-order valence-corrected chi connectivity index (χ0v) is 19.7. The second kappa shape index (κ2) is 10.1. The summed E-state index contributed by atoms with van der Waals surface area (Å²) in [5.41, 5.74) is 3.02. The summed E-state index contributed by atoms with van der Waals surface area (Å²) in [6.45, 7) is 2.07. The van der Waals surface area contributed by atoms with Gasteiger partial charge < -0.3 is 19.4 Å². The first-order valence-corrected chi connectivity index (χ1v) is 11.4. The van der Waals surface area contributed by atoms with E-state index in [1.54, 1.807) is 48.8 Å². The smallest absolute Gasteiger partial charge is 0.293 e. The van der Waals surface area contributed by atoms with Gasteiger partial charge in [0, 0.05) is 48.4 Å². The van der Waals surface area contributed by atoms with E-state index in [4.69, 9.17) is 21.4 Å². The van der Waals surface area contributed by atoms with Crippen LogP contribution in [0.3, 0.4) is 0 Å². The quantitative estimate of drug-likeness (QED) is 0.235. The number of ether oxygens (including phenoxy) is 1. The molecular weight excluding hydrogens is 484 g/mol. The van der Waals surface area contributed by atoms with Crippen molar-refractivity contribution in [1.82, 2.24) is 15.3 Å². The molecule has 2 N–H and O–H groups in total. The molecule has 0 saturated carbocycles. The Morgan fingerprint density at radius 1 is 1.08 bits per heavy atom. The van der Waals surface area contributed by atoms with Crippen LogP contribution in [0.2, 0.25) is 0 Å². The zero-order valence-electron chi connectivity index (χ0n) is 18.8. The van der Waals surface area contributed by atoms with E-state index in [0.29, 0.717) is 54.7 Å². The van der Waals surface area contributed by atoms with Crippen LogP contribution in [0.25, 0.3) is 22.6 Å². The van der Waals surface area contributed by atoms with Crippen LogP contribution in [-0.2, 0) is 4.74 Å². The van der Waals surface area contributed by atoms with Crippen molar-refractivity contribution in [3.63, 3.8) is 0 Å². The Morgan fingerprint density at radius 2 is 1.86 bits per heavy atom. The van der Waals surface area contributed by atoms with E-state index in [-0.39, 0.29) is 16.4 Å². The summed E-state index contributed by atoms with van der Waals surface area (Å²) in [4.78, 5) is 34.3. The van der Waals surface area contributed by atoms with Gasteiger partial charge in [0.05, 0.1) is 18.1 Å². The number of nitrogens with one attached hydrogen (secondary N) is 2. The Morgan fingerprint density at radius 3 is 2.61 bits per heavy atom. The number of anilines is 2. The highest BCUT2D eigenvalue weighted by Crippen LogP contribution is 2.30. The fraction of sp³-hybridized carbons (Fsp3) is 0.167. The molecule has 182 valence electrons. The molecule has 1 amide bonds. The van der Waals surface area contributed by atoms with Crippen molar-refractivity contribution in [2.45, 2.75) is 0 Å². The van der Waals surface area contributed by atoms with Gasteiger partial charge in [-0.15, -0.1) is 0 Å². The number of morpholine rings is 1. The van der Waals surface area contributed by atoms with Crippen molar-refractivity contribution in [1.29, 1.82) is 0 Å². The highest BCUT2D eigenvalue weighted by atomic mass is 32.1. The van der Waals surface area contributed by atoms with E-state index in [1.165, 1.54) is 12.1 Å². The van der Waals surface area contributed by atoms with Crippen LogP contribution in [-0.4, -0.2) is 52.2 Å². The maximum Gasteiger partial charge on any atom is 0.293 e. The monoisotopic (exact) mass is 504 g/mol. The zero-order chi connectivity index (χ0) is 25.1. The van der Waals surface area contributed by atoms with Crippen LogP contribution in [0, 0.1) is 10.1 Å². The largest absolute Gasteiger partial charge is 0.436 e. The second-order valence-electron chi connectivity index (χ2n) is 7.91. The summed E-state index contributed by atoms with van der Waals surface area (Å²) < 4.78 is 11.1. The maximum atomic E-state index is 12.8. The molecular formula is C24H20N6O5S. The summed E-state index contributed by atoms with van der Waals surface area (Å²) in [5, 5.41) is 17.2. The lowest BCUT2D eigenvalue weighted by Crippen LogP contribution is -2.37. The van der Waals surface area contributed by atoms with Gasteiger partial charge in [-0.3, -0.25) is 25.2 Å². The number of pyridine rings is 1. The van der Waals surface area contributed by atoms with Gasteiger partial charge in [-0.1, -0.05) is 0 Å². The van der Waals surface area contributed by atoms with E-state index in [9.17, 15) is 14.9 Å². The van der Waals surface area contributed by atoms with E-state index in [1.807, 2.05) is 4.90 Å². The summed E-state index contributed by atoms with van der Waals surface area (Å²) in [5.74, 6) is -0.103. The summed E-state index contributed by atoms with van der Waals surface area (Å²) >= 11 is 5.28. The number of amides is 1. The number of hydrogen-bond acceptors (Lipinski definition) is 9. The Kier molecular flexibility index (Phi) is 6.52. The third kappa shape index (κ3) is 4.99. The van der Waals surface area contributed by atoms with Crippen LogP contribution >= 0.6 is 12.2 Å². The Balaban J connectivity index is 1.28. The predicted octanol–water partition coefficient (Wildman–Crippen LogP) is 3.76. The minimum atomic E-state index is -0.563. The SMILES string of the molecule is O=C(NC(=S)Nc1ccc2oc(-c3ccncc3)nc2c1)c1ccc(N2CCOCC2)c([N+](=O)[O-])c1. The molecule has 1 fully saturated rings. The fourth-order valence-corrected chi connectivity index (χ4v) is 4.05. The molecule has 1 aliphatic rings. The average Bonchev–Trinajstić information content (AvgIpc) is 3.33. The number of rotatable bonds is 5. The van der Waals surface area contributed by atoms with Gasteiger partial charge in [0.15, 0.2) is 10.7 Å². The fourth-order valence-electron chi connectivity index (χ4n) is 3.84. The van der Waals surface area contributed by atoms with Crippen molar-refractivity contribution in [3.8, 4) is 11.5 Å². The van der Waals surface area contributed by atoms with E-state index >= 15 is 0 Å². The molecule has 0 radical (unpaired) electrons. The van der Waals surface area contributed by atoms with Crippen molar-refractivity contribution >= 4 is 51.4 Å². The van der Waals surface area contributed by atoms with E-state index in [0.717, 1.165) is 5.56 Å². The maximum absolute atomic E-state index is 12.8. The molecule has 2 aromatic heterocycles. The molecule has 3 heterocycles. The number of nitro benzene ring substituents is 1. The number of nitro groups is 1. The van der Waals surface area contributed by atoms with Crippen LogP contribution in [0.5, 0.6) is 0 Å². The molecule has 0 unspecified atom stereocenters. The summed E-state index contributed by atoms with van der Waals surface area (Å²) in [7, 11) is 0. The Bertz CT molecular complexity index is 1450. The Hall–Kier alpha value is -4.42. The van der Waals surface area contributed by atoms with Crippen LogP contribution in [0.4, 0.5) is 17.1 Å². The molecule has 0 aliphatic carbocycles. The standard InChI is InChI=1S/C24H20N6O5S/c31-22(16-1-3-19(20(13-16)30(32)33)29-9-11-34-12-10-29)28-24(36)26-17-2-4-21-18(14-17)27-23(35-21)15-5-7-25-8-6-15/h1-8,13-14H,9-12H2,(H2,26,28,31,36). The minimum absolute atomic E-state index is 0.0390. The van der Waals surface area contributed by atoms with Gasteiger partial charge in [-0.2, -0.15) is 0 Å². The second-order valence-corrected chi connectivity index (χ2v) is 8.31. The highest BCUT2D eigenvalue weighted by molar-refractivity contribution is 7.80. The van der Waals surface area contributed by atoms with Crippen LogP contribution in [0.1, 0.15) is 10.4 Å². The van der Waals surface area contributed by atoms with Crippen LogP contribution in [0.15, 0.2) is 65.3 Å². The number of benzene rings is 2. The first-order chi connectivity index (χ1) is 17.5. The van der Waals surface area contributed by atoms with Crippen molar-refractivity contribution < 1.29 is 18.9 Å². The normalized spacial score (nSPS) is 13.4. The van der Waals surface area contributed by atoms with Gasteiger partial charge in [0.25, 0.3) is 11.6 Å². The number of aromatic nitrogens is 2.